The number of pyridine rings is 1. The Morgan fingerprint density at radius 1 is 1.29 bits per heavy atom. The van der Waals surface area contributed by atoms with Gasteiger partial charge >= 0.3 is 0 Å². The van der Waals surface area contributed by atoms with E-state index in [0.29, 0.717) is 17.3 Å². The zero-order valence-electron chi connectivity index (χ0n) is 13.2. The van der Waals surface area contributed by atoms with Crippen LogP contribution in [0.2, 0.25) is 0 Å². The van der Waals surface area contributed by atoms with Crippen LogP contribution >= 0.6 is 0 Å². The first-order valence-electron chi connectivity index (χ1n) is 8.02. The Kier molecular flexibility index (Phi) is 3.66. The van der Waals surface area contributed by atoms with Gasteiger partial charge in [-0.15, -0.1) is 0 Å². The van der Waals surface area contributed by atoms with Gasteiger partial charge in [0, 0.05) is 30.6 Å². The summed E-state index contributed by atoms with van der Waals surface area (Å²) in [5.74, 6) is 1.58. The second-order valence-electron chi connectivity index (χ2n) is 6.01. The van der Waals surface area contributed by atoms with Crippen LogP contribution in [-0.4, -0.2) is 26.5 Å². The van der Waals surface area contributed by atoms with Gasteiger partial charge in [0.1, 0.15) is 0 Å². The van der Waals surface area contributed by atoms with Crippen molar-refractivity contribution in [2.45, 2.75) is 18.8 Å². The molecule has 0 bridgehead atoms. The molecule has 0 spiro atoms. The summed E-state index contributed by atoms with van der Waals surface area (Å²) in [4.78, 5) is 4.56. The van der Waals surface area contributed by atoms with Crippen molar-refractivity contribution < 1.29 is 5.11 Å². The first kappa shape index (κ1) is 14.7. The van der Waals surface area contributed by atoms with Gasteiger partial charge in [-0.3, -0.25) is 0 Å². The minimum absolute atomic E-state index is 0.209. The van der Waals surface area contributed by atoms with Gasteiger partial charge in [-0.2, -0.15) is 5.10 Å². The van der Waals surface area contributed by atoms with Crippen LogP contribution in [0.4, 0.5) is 17.2 Å². The lowest BCUT2D eigenvalue weighted by molar-refractivity contribution is 0.265. The smallest absolute Gasteiger partial charge is 0.156 e. The average Bonchev–Trinajstić information content (AvgIpc) is 3.26. The molecule has 2 heterocycles. The van der Waals surface area contributed by atoms with E-state index in [2.05, 4.69) is 27.5 Å². The van der Waals surface area contributed by atoms with Crippen LogP contribution in [-0.2, 0) is 6.42 Å². The molecule has 0 aliphatic heterocycles. The zero-order chi connectivity index (χ0) is 16.5. The van der Waals surface area contributed by atoms with E-state index in [1.54, 1.807) is 10.9 Å². The fraction of sp³-hybridized carbons (Fsp3) is 0.222. The molecule has 24 heavy (non-hydrogen) atoms. The van der Waals surface area contributed by atoms with Gasteiger partial charge in [0.2, 0.25) is 0 Å². The van der Waals surface area contributed by atoms with E-state index in [1.807, 2.05) is 30.5 Å². The number of nitrogen functional groups attached to an aromatic ring is 1. The lowest BCUT2D eigenvalue weighted by atomic mass is 10.0. The average molecular weight is 321 g/mol. The van der Waals surface area contributed by atoms with Crippen LogP contribution in [0.1, 0.15) is 23.5 Å². The summed E-state index contributed by atoms with van der Waals surface area (Å²) in [6, 6.07) is 11.7. The SMILES string of the molecule is Nc1ccc(-n2cccn2)nc1Nc1ccc2c(c1)CCC2CO. The molecule has 1 atom stereocenters. The van der Waals surface area contributed by atoms with E-state index in [0.717, 1.165) is 18.5 Å². The number of hydrogen-bond acceptors (Lipinski definition) is 5. The Balaban J connectivity index is 1.63. The molecule has 6 heteroatoms. The van der Waals surface area contributed by atoms with Crippen molar-refractivity contribution in [1.82, 2.24) is 14.8 Å². The molecule has 4 N–H and O–H groups in total. The van der Waals surface area contributed by atoms with E-state index in [4.69, 9.17) is 5.73 Å². The van der Waals surface area contributed by atoms with Crippen molar-refractivity contribution in [1.29, 1.82) is 0 Å². The molecule has 4 rings (SSSR count). The third-order valence-electron chi connectivity index (χ3n) is 4.48. The molecular weight excluding hydrogens is 302 g/mol. The van der Waals surface area contributed by atoms with Crippen molar-refractivity contribution in [2.75, 3.05) is 17.7 Å². The first-order valence-corrected chi connectivity index (χ1v) is 8.02. The fourth-order valence-corrected chi connectivity index (χ4v) is 3.20. The highest BCUT2D eigenvalue weighted by Crippen LogP contribution is 2.35. The number of rotatable bonds is 4. The number of anilines is 3. The molecular formula is C18H19N5O. The number of aliphatic hydroxyl groups excluding tert-OH is 1. The molecule has 122 valence electrons. The Labute approximate surface area is 140 Å². The largest absolute Gasteiger partial charge is 0.396 e. The number of fused-ring (bicyclic) bond motifs is 1. The Morgan fingerprint density at radius 3 is 3.00 bits per heavy atom. The molecule has 1 aliphatic rings. The van der Waals surface area contributed by atoms with E-state index in [9.17, 15) is 5.11 Å². The topological polar surface area (TPSA) is 89.0 Å². The molecule has 0 radical (unpaired) electrons. The third kappa shape index (κ3) is 2.61. The van der Waals surface area contributed by atoms with Crippen LogP contribution in [0, 0.1) is 0 Å². The Morgan fingerprint density at radius 2 is 2.21 bits per heavy atom. The number of benzene rings is 1. The van der Waals surface area contributed by atoms with Gasteiger partial charge in [-0.25, -0.2) is 9.67 Å². The zero-order valence-corrected chi connectivity index (χ0v) is 13.2. The second-order valence-corrected chi connectivity index (χ2v) is 6.01. The van der Waals surface area contributed by atoms with Gasteiger partial charge < -0.3 is 16.2 Å². The molecule has 0 fully saturated rings. The maximum atomic E-state index is 9.42. The first-order chi connectivity index (χ1) is 11.7. The number of nitrogens with zero attached hydrogens (tertiary/aromatic N) is 3. The van der Waals surface area contributed by atoms with Gasteiger partial charge in [0.25, 0.3) is 0 Å². The van der Waals surface area contributed by atoms with Crippen molar-refractivity contribution in [2.24, 2.45) is 0 Å². The monoisotopic (exact) mass is 321 g/mol. The standard InChI is InChI=1S/C18H19N5O/c19-16-6-7-17(23-9-1-8-20-23)22-18(16)21-14-4-5-15-12(10-14)2-3-13(15)11-24/h1,4-10,13,24H,2-3,11,19H2,(H,21,22). The minimum Gasteiger partial charge on any atom is -0.396 e. The lowest BCUT2D eigenvalue weighted by Gasteiger charge is -2.12. The number of aromatic nitrogens is 3. The van der Waals surface area contributed by atoms with Crippen LogP contribution in [0.15, 0.2) is 48.8 Å². The summed E-state index contributed by atoms with van der Waals surface area (Å²) < 4.78 is 1.69. The van der Waals surface area contributed by atoms with Crippen molar-refractivity contribution >= 4 is 17.2 Å². The summed E-state index contributed by atoms with van der Waals surface area (Å²) in [6.45, 7) is 0.209. The quantitative estimate of drug-likeness (QED) is 0.687. The van der Waals surface area contributed by atoms with Gasteiger partial charge in [-0.05, 0) is 54.3 Å². The van der Waals surface area contributed by atoms with Crippen LogP contribution in [0.3, 0.4) is 0 Å². The van der Waals surface area contributed by atoms with Crippen LogP contribution < -0.4 is 11.1 Å². The van der Waals surface area contributed by atoms with Gasteiger partial charge in [-0.1, -0.05) is 6.07 Å². The van der Waals surface area contributed by atoms with E-state index < -0.39 is 0 Å². The summed E-state index contributed by atoms with van der Waals surface area (Å²) in [5, 5.41) is 16.9. The molecule has 0 saturated heterocycles. The number of nitrogens with one attached hydrogen (secondary N) is 1. The minimum atomic E-state index is 0.209. The summed E-state index contributed by atoms with van der Waals surface area (Å²) in [6.07, 6.45) is 5.55. The molecule has 1 aromatic carbocycles. The molecule has 0 saturated carbocycles. The summed E-state index contributed by atoms with van der Waals surface area (Å²) in [5.41, 5.74) is 10.1. The predicted octanol–water partition coefficient (Wildman–Crippen LogP) is 2.62. The maximum absolute atomic E-state index is 9.42. The fourth-order valence-electron chi connectivity index (χ4n) is 3.20. The van der Waals surface area contributed by atoms with Crippen molar-refractivity contribution in [3.8, 4) is 5.82 Å². The second kappa shape index (κ2) is 5.98. The highest BCUT2D eigenvalue weighted by atomic mass is 16.3. The summed E-state index contributed by atoms with van der Waals surface area (Å²) >= 11 is 0. The molecule has 0 amide bonds. The van der Waals surface area contributed by atoms with Gasteiger partial charge in [0.15, 0.2) is 11.6 Å². The normalized spacial score (nSPS) is 16.1. The number of nitrogens with two attached hydrogens (primary N) is 1. The Bertz CT molecular complexity index is 860. The Hall–Kier alpha value is -2.86. The number of aliphatic hydroxyl groups is 1. The highest BCUT2D eigenvalue weighted by Gasteiger charge is 2.21. The summed E-state index contributed by atoms with van der Waals surface area (Å²) in [7, 11) is 0. The van der Waals surface area contributed by atoms with Crippen molar-refractivity contribution in [3.05, 3.63) is 59.9 Å². The number of hydrogen-bond donors (Lipinski definition) is 3. The molecule has 1 aliphatic carbocycles. The third-order valence-corrected chi connectivity index (χ3v) is 4.48. The molecule has 2 aromatic heterocycles. The van der Waals surface area contributed by atoms with Crippen LogP contribution in [0.25, 0.3) is 5.82 Å². The maximum Gasteiger partial charge on any atom is 0.156 e. The highest BCUT2D eigenvalue weighted by molar-refractivity contribution is 5.70. The van der Waals surface area contributed by atoms with Crippen molar-refractivity contribution in [3.63, 3.8) is 0 Å². The van der Waals surface area contributed by atoms with Crippen LogP contribution in [0.5, 0.6) is 0 Å². The molecule has 3 aromatic rings. The molecule has 6 nitrogen and oxygen atoms in total. The number of aryl methyl sites for hydroxylation is 1. The van der Waals surface area contributed by atoms with E-state index in [1.165, 1.54) is 11.1 Å². The van der Waals surface area contributed by atoms with E-state index in [-0.39, 0.29) is 12.5 Å². The predicted molar refractivity (Wildman–Crippen MR) is 93.6 cm³/mol. The molecule has 1 unspecified atom stereocenters. The van der Waals surface area contributed by atoms with Gasteiger partial charge in [0.05, 0.1) is 5.69 Å². The van der Waals surface area contributed by atoms with E-state index >= 15 is 0 Å². The lowest BCUT2D eigenvalue weighted by Crippen LogP contribution is -2.05.